The van der Waals surface area contributed by atoms with Crippen molar-refractivity contribution in [2.75, 3.05) is 0 Å². The topological polar surface area (TPSA) is 59.3 Å². The van der Waals surface area contributed by atoms with Gasteiger partial charge in [0.05, 0.1) is 11.6 Å². The molecule has 0 aliphatic heterocycles. The minimum Gasteiger partial charge on any atom is -0.477 e. The molecule has 0 radical (unpaired) electrons. The van der Waals surface area contributed by atoms with E-state index in [2.05, 4.69) is 0 Å². The Bertz CT molecular complexity index is 759. The highest BCUT2D eigenvalue weighted by Crippen LogP contribution is 2.40. The van der Waals surface area contributed by atoms with Gasteiger partial charge in [-0.25, -0.2) is 13.6 Å². The molecule has 1 aliphatic rings. The van der Waals surface area contributed by atoms with E-state index in [1.165, 1.54) is 10.6 Å². The number of benzene rings is 1. The second kappa shape index (κ2) is 4.86. The minimum atomic E-state index is -1.40. The van der Waals surface area contributed by atoms with E-state index in [4.69, 9.17) is 5.11 Å². The number of alkyl halides is 1. The maximum Gasteiger partial charge on any atom is 0.341 e. The van der Waals surface area contributed by atoms with Crippen molar-refractivity contribution in [3.63, 3.8) is 0 Å². The molecule has 106 valence electrons. The van der Waals surface area contributed by atoms with Gasteiger partial charge in [0.2, 0.25) is 5.43 Å². The molecule has 20 heavy (non-hydrogen) atoms. The number of halogens is 3. The number of pyridine rings is 1. The number of carboxylic acids is 1. The molecule has 4 nitrogen and oxygen atoms in total. The average molecular weight is 302 g/mol. The van der Waals surface area contributed by atoms with E-state index in [0.29, 0.717) is 5.52 Å². The first-order valence-corrected chi connectivity index (χ1v) is 5.71. The zero-order valence-electron chi connectivity index (χ0n) is 10.0. The Morgan fingerprint density at radius 1 is 1.40 bits per heavy atom. The third-order valence-corrected chi connectivity index (χ3v) is 3.26. The fourth-order valence-corrected chi connectivity index (χ4v) is 2.19. The summed E-state index contributed by atoms with van der Waals surface area (Å²) in [4.78, 5) is 23.0. The van der Waals surface area contributed by atoms with Gasteiger partial charge in [0.25, 0.3) is 0 Å². The largest absolute Gasteiger partial charge is 0.477 e. The van der Waals surface area contributed by atoms with Gasteiger partial charge in [-0.1, -0.05) is 0 Å². The van der Waals surface area contributed by atoms with Crippen LogP contribution in [0.3, 0.4) is 0 Å². The third-order valence-electron chi connectivity index (χ3n) is 3.26. The number of hydrogen-bond donors (Lipinski definition) is 1. The molecule has 2 aromatic rings. The maximum atomic E-state index is 13.2. The van der Waals surface area contributed by atoms with E-state index in [1.54, 1.807) is 0 Å². The zero-order chi connectivity index (χ0) is 13.7. The van der Waals surface area contributed by atoms with Crippen molar-refractivity contribution in [2.45, 2.75) is 18.6 Å². The summed E-state index contributed by atoms with van der Waals surface area (Å²) in [6.07, 6.45) is 0.348. The van der Waals surface area contributed by atoms with Crippen molar-refractivity contribution in [1.82, 2.24) is 4.57 Å². The summed E-state index contributed by atoms with van der Waals surface area (Å²) >= 11 is 0. The van der Waals surface area contributed by atoms with Gasteiger partial charge >= 0.3 is 5.97 Å². The van der Waals surface area contributed by atoms with Crippen molar-refractivity contribution >= 4 is 29.3 Å². The Morgan fingerprint density at radius 2 is 2.05 bits per heavy atom. The molecule has 1 heterocycles. The molecule has 0 amide bonds. The quantitative estimate of drug-likeness (QED) is 0.927. The third kappa shape index (κ3) is 2.16. The number of nitrogens with zero attached hydrogens (tertiary/aromatic N) is 1. The summed E-state index contributed by atoms with van der Waals surface area (Å²) in [5, 5.41) is 8.94. The first kappa shape index (κ1) is 14.5. The number of aromatic carboxylic acids is 1. The van der Waals surface area contributed by atoms with Crippen LogP contribution in [-0.2, 0) is 0 Å². The summed E-state index contributed by atoms with van der Waals surface area (Å²) in [5.74, 6) is -2.03. The van der Waals surface area contributed by atoms with Gasteiger partial charge in [0.1, 0.15) is 17.6 Å². The lowest BCUT2D eigenvalue weighted by atomic mass is 10.1. The minimum absolute atomic E-state index is 0. The van der Waals surface area contributed by atoms with E-state index in [-0.39, 0.29) is 24.2 Å². The SMILES string of the molecule is Cl.O=C(O)c1cn([C@@H]2C[C@@H]2F)c2ccc(F)cc2c1=O. The summed E-state index contributed by atoms with van der Waals surface area (Å²) in [6.45, 7) is 0. The van der Waals surface area contributed by atoms with Crippen LogP contribution in [-0.4, -0.2) is 21.8 Å². The van der Waals surface area contributed by atoms with Crippen molar-refractivity contribution < 1.29 is 18.7 Å². The molecule has 0 bridgehead atoms. The van der Waals surface area contributed by atoms with E-state index >= 15 is 0 Å². The lowest BCUT2D eigenvalue weighted by molar-refractivity contribution is 0.0694. The molecule has 1 aromatic heterocycles. The Kier molecular flexibility index (Phi) is 3.52. The Morgan fingerprint density at radius 3 is 2.60 bits per heavy atom. The van der Waals surface area contributed by atoms with Crippen LogP contribution >= 0.6 is 12.4 Å². The number of aromatic nitrogens is 1. The van der Waals surface area contributed by atoms with Gasteiger partial charge in [-0.05, 0) is 18.2 Å². The predicted molar refractivity (Wildman–Crippen MR) is 70.9 cm³/mol. The van der Waals surface area contributed by atoms with E-state index in [9.17, 15) is 18.4 Å². The fourth-order valence-electron chi connectivity index (χ4n) is 2.19. The first-order chi connectivity index (χ1) is 8.99. The molecule has 7 heteroatoms. The van der Waals surface area contributed by atoms with E-state index < -0.39 is 35.0 Å². The van der Waals surface area contributed by atoms with Crippen molar-refractivity contribution in [1.29, 1.82) is 0 Å². The molecule has 1 saturated carbocycles. The molecule has 0 unspecified atom stereocenters. The van der Waals surface area contributed by atoms with Gasteiger partial charge < -0.3 is 9.67 Å². The van der Waals surface area contributed by atoms with Crippen LogP contribution < -0.4 is 5.43 Å². The monoisotopic (exact) mass is 301 g/mol. The van der Waals surface area contributed by atoms with Crippen molar-refractivity contribution in [2.24, 2.45) is 0 Å². The highest BCUT2D eigenvalue weighted by Gasteiger charge is 2.40. The molecule has 1 fully saturated rings. The predicted octanol–water partition coefficient (Wildman–Crippen LogP) is 2.54. The van der Waals surface area contributed by atoms with Crippen LogP contribution in [0.4, 0.5) is 8.78 Å². The first-order valence-electron chi connectivity index (χ1n) is 5.71. The molecule has 1 N–H and O–H groups in total. The highest BCUT2D eigenvalue weighted by molar-refractivity contribution is 5.92. The molecule has 0 spiro atoms. The van der Waals surface area contributed by atoms with Gasteiger partial charge in [-0.2, -0.15) is 0 Å². The molecular weight excluding hydrogens is 292 g/mol. The molecule has 0 saturated heterocycles. The van der Waals surface area contributed by atoms with Gasteiger partial charge in [0, 0.05) is 18.0 Å². The summed E-state index contributed by atoms with van der Waals surface area (Å²) < 4.78 is 27.8. The van der Waals surface area contributed by atoms with Gasteiger partial charge in [0.15, 0.2) is 0 Å². The molecular formula is C13H10ClF2NO3. The van der Waals surface area contributed by atoms with Crippen LogP contribution in [0.1, 0.15) is 22.8 Å². The summed E-state index contributed by atoms with van der Waals surface area (Å²) in [7, 11) is 0. The van der Waals surface area contributed by atoms with Crippen LogP contribution in [0.15, 0.2) is 29.2 Å². The lowest BCUT2D eigenvalue weighted by Crippen LogP contribution is -2.19. The second-order valence-corrected chi connectivity index (χ2v) is 4.56. The summed E-state index contributed by atoms with van der Waals surface area (Å²) in [6, 6.07) is 3.03. The maximum absolute atomic E-state index is 13.2. The van der Waals surface area contributed by atoms with Crippen LogP contribution in [0.5, 0.6) is 0 Å². The smallest absolute Gasteiger partial charge is 0.341 e. The number of fused-ring (bicyclic) bond motifs is 1. The molecule has 3 rings (SSSR count). The number of hydrogen-bond acceptors (Lipinski definition) is 2. The number of carboxylic acid groups (broad SMARTS) is 1. The Hall–Kier alpha value is -1.95. The van der Waals surface area contributed by atoms with E-state index in [1.807, 2.05) is 0 Å². The van der Waals surface area contributed by atoms with Crippen LogP contribution in [0.2, 0.25) is 0 Å². The zero-order valence-corrected chi connectivity index (χ0v) is 10.9. The van der Waals surface area contributed by atoms with Crippen LogP contribution in [0, 0.1) is 5.82 Å². The molecule has 2 atom stereocenters. The van der Waals surface area contributed by atoms with E-state index in [0.717, 1.165) is 18.3 Å². The summed E-state index contributed by atoms with van der Waals surface area (Å²) in [5.41, 5.74) is -0.881. The lowest BCUT2D eigenvalue weighted by Gasteiger charge is -2.11. The average Bonchev–Trinajstić information content (AvgIpc) is 3.07. The van der Waals surface area contributed by atoms with Crippen molar-refractivity contribution in [3.05, 3.63) is 46.0 Å². The van der Waals surface area contributed by atoms with Crippen LogP contribution in [0.25, 0.3) is 10.9 Å². The molecule has 1 aromatic carbocycles. The highest BCUT2D eigenvalue weighted by atomic mass is 35.5. The second-order valence-electron chi connectivity index (χ2n) is 4.56. The Labute approximate surface area is 118 Å². The number of rotatable bonds is 2. The standard InChI is InChI=1S/C13H9F2NO3.ClH/c14-6-1-2-10-7(3-6)12(17)8(13(18)19)5-16(10)11-4-9(11)15;/h1-3,5,9,11H,4H2,(H,18,19);1H/t9-,11+;/m0./s1. The Balaban J connectivity index is 0.00000147. The number of carbonyl (C=O) groups is 1. The van der Waals surface area contributed by atoms with Gasteiger partial charge in [-0.3, -0.25) is 4.79 Å². The molecule has 1 aliphatic carbocycles. The van der Waals surface area contributed by atoms with Gasteiger partial charge in [-0.15, -0.1) is 12.4 Å². The normalized spacial score (nSPS) is 20.5. The fraction of sp³-hybridized carbons (Fsp3) is 0.231. The van der Waals surface area contributed by atoms with Crippen molar-refractivity contribution in [3.8, 4) is 0 Å².